The maximum atomic E-state index is 12.2. The van der Waals surface area contributed by atoms with Crippen LogP contribution in [0.2, 0.25) is 0 Å². The Morgan fingerprint density at radius 2 is 1.77 bits per heavy atom. The number of esters is 1. The van der Waals surface area contributed by atoms with Crippen molar-refractivity contribution in [1.82, 2.24) is 5.32 Å². The standard InChI is InChI=1S/C18H18N2O6/c1-26-18(23)15(11-12-7-9-14(10-8-12)20(24)25)19-17(22)16(21)13-5-3-2-4-6-13/h2-10,15-16,21H,11H2,1H3,(H,19,22)/t15-,16-/m0/s1. The van der Waals surface area contributed by atoms with Crippen LogP contribution in [-0.4, -0.2) is 35.1 Å². The summed E-state index contributed by atoms with van der Waals surface area (Å²) in [7, 11) is 1.19. The Morgan fingerprint density at radius 3 is 2.31 bits per heavy atom. The largest absolute Gasteiger partial charge is 0.467 e. The van der Waals surface area contributed by atoms with Gasteiger partial charge in [-0.15, -0.1) is 0 Å². The van der Waals surface area contributed by atoms with E-state index in [4.69, 9.17) is 0 Å². The molecule has 1 amide bonds. The molecule has 0 heterocycles. The number of carbonyl (C=O) groups excluding carboxylic acids is 2. The smallest absolute Gasteiger partial charge is 0.328 e. The van der Waals surface area contributed by atoms with E-state index in [2.05, 4.69) is 10.1 Å². The number of aliphatic hydroxyl groups excluding tert-OH is 1. The van der Waals surface area contributed by atoms with Gasteiger partial charge in [-0.1, -0.05) is 42.5 Å². The highest BCUT2D eigenvalue weighted by Crippen LogP contribution is 2.15. The van der Waals surface area contributed by atoms with Crippen LogP contribution in [0.15, 0.2) is 54.6 Å². The van der Waals surface area contributed by atoms with E-state index in [1.165, 1.54) is 31.4 Å². The molecule has 0 spiro atoms. The highest BCUT2D eigenvalue weighted by molar-refractivity contribution is 5.87. The molecule has 0 radical (unpaired) electrons. The normalized spacial score (nSPS) is 12.7. The van der Waals surface area contributed by atoms with Crippen LogP contribution in [0.3, 0.4) is 0 Å². The molecule has 0 bridgehead atoms. The molecule has 26 heavy (non-hydrogen) atoms. The summed E-state index contributed by atoms with van der Waals surface area (Å²) >= 11 is 0. The van der Waals surface area contributed by atoms with Crippen molar-refractivity contribution < 1.29 is 24.4 Å². The van der Waals surface area contributed by atoms with Gasteiger partial charge in [-0.05, 0) is 11.1 Å². The van der Waals surface area contributed by atoms with E-state index < -0.39 is 28.9 Å². The number of methoxy groups -OCH3 is 1. The Morgan fingerprint density at radius 1 is 1.15 bits per heavy atom. The minimum Gasteiger partial charge on any atom is -0.467 e. The highest BCUT2D eigenvalue weighted by atomic mass is 16.6. The second kappa shape index (κ2) is 8.72. The van der Waals surface area contributed by atoms with Gasteiger partial charge in [0, 0.05) is 18.6 Å². The van der Waals surface area contributed by atoms with Crippen LogP contribution >= 0.6 is 0 Å². The first kappa shape index (κ1) is 19.1. The van der Waals surface area contributed by atoms with Gasteiger partial charge in [-0.3, -0.25) is 14.9 Å². The summed E-state index contributed by atoms with van der Waals surface area (Å²) in [6.45, 7) is 0. The molecule has 2 N–H and O–H groups in total. The summed E-state index contributed by atoms with van der Waals surface area (Å²) in [5.74, 6) is -1.43. The molecule has 0 aliphatic heterocycles. The van der Waals surface area contributed by atoms with E-state index >= 15 is 0 Å². The number of benzene rings is 2. The van der Waals surface area contributed by atoms with E-state index in [9.17, 15) is 24.8 Å². The van der Waals surface area contributed by atoms with Gasteiger partial charge in [0.15, 0.2) is 6.10 Å². The van der Waals surface area contributed by atoms with Gasteiger partial charge in [0.05, 0.1) is 12.0 Å². The van der Waals surface area contributed by atoms with Gasteiger partial charge >= 0.3 is 5.97 Å². The molecule has 0 aromatic heterocycles. The van der Waals surface area contributed by atoms with Gasteiger partial charge in [0.25, 0.3) is 11.6 Å². The summed E-state index contributed by atoms with van der Waals surface area (Å²) in [6, 6.07) is 12.9. The van der Waals surface area contributed by atoms with Crippen LogP contribution in [0, 0.1) is 10.1 Å². The molecule has 8 heteroatoms. The molecular formula is C18H18N2O6. The average molecular weight is 358 g/mol. The van der Waals surface area contributed by atoms with Crippen LogP contribution in [-0.2, 0) is 20.7 Å². The molecule has 0 fully saturated rings. The number of hydrogen-bond acceptors (Lipinski definition) is 6. The number of carbonyl (C=O) groups is 2. The first-order valence-electron chi connectivity index (χ1n) is 7.77. The van der Waals surface area contributed by atoms with Gasteiger partial charge in [-0.2, -0.15) is 0 Å². The van der Waals surface area contributed by atoms with Crippen molar-refractivity contribution in [3.63, 3.8) is 0 Å². The second-order valence-electron chi connectivity index (χ2n) is 5.53. The molecule has 2 rings (SSSR count). The number of nitro benzene ring substituents is 1. The lowest BCUT2D eigenvalue weighted by molar-refractivity contribution is -0.384. The van der Waals surface area contributed by atoms with Gasteiger partial charge in [-0.25, -0.2) is 4.79 Å². The van der Waals surface area contributed by atoms with Gasteiger partial charge in [0.2, 0.25) is 0 Å². The van der Waals surface area contributed by atoms with E-state index in [0.29, 0.717) is 11.1 Å². The second-order valence-corrected chi connectivity index (χ2v) is 5.53. The predicted molar refractivity (Wildman–Crippen MR) is 92.1 cm³/mol. The van der Waals surface area contributed by atoms with Crippen molar-refractivity contribution in [3.05, 3.63) is 75.8 Å². The third-order valence-corrected chi connectivity index (χ3v) is 3.75. The van der Waals surface area contributed by atoms with Crippen LogP contribution in [0.4, 0.5) is 5.69 Å². The lowest BCUT2D eigenvalue weighted by Crippen LogP contribution is -2.45. The molecular weight excluding hydrogens is 340 g/mol. The van der Waals surface area contributed by atoms with Gasteiger partial charge in [0.1, 0.15) is 6.04 Å². The lowest BCUT2D eigenvalue weighted by Gasteiger charge is -2.19. The number of ether oxygens (including phenoxy) is 1. The zero-order chi connectivity index (χ0) is 19.1. The number of amides is 1. The molecule has 2 aromatic carbocycles. The van der Waals surface area contributed by atoms with Crippen LogP contribution < -0.4 is 5.32 Å². The first-order chi connectivity index (χ1) is 12.4. The van der Waals surface area contributed by atoms with Crippen molar-refractivity contribution in [3.8, 4) is 0 Å². The zero-order valence-electron chi connectivity index (χ0n) is 14.0. The van der Waals surface area contributed by atoms with Crippen molar-refractivity contribution in [2.75, 3.05) is 7.11 Å². The average Bonchev–Trinajstić information content (AvgIpc) is 2.67. The third kappa shape index (κ3) is 4.87. The maximum absolute atomic E-state index is 12.2. The molecule has 0 aliphatic carbocycles. The molecule has 0 saturated heterocycles. The minimum atomic E-state index is -1.43. The molecule has 2 atom stereocenters. The number of nitro groups is 1. The van der Waals surface area contributed by atoms with Crippen molar-refractivity contribution in [1.29, 1.82) is 0 Å². The maximum Gasteiger partial charge on any atom is 0.328 e. The first-order valence-corrected chi connectivity index (χ1v) is 7.77. The fourth-order valence-corrected chi connectivity index (χ4v) is 2.36. The number of hydrogen-bond donors (Lipinski definition) is 2. The predicted octanol–water partition coefficient (Wildman–Crippen LogP) is 1.53. The monoisotopic (exact) mass is 358 g/mol. The molecule has 0 unspecified atom stereocenters. The van der Waals surface area contributed by atoms with Crippen molar-refractivity contribution in [2.24, 2.45) is 0 Å². The Hall–Kier alpha value is -3.26. The highest BCUT2D eigenvalue weighted by Gasteiger charge is 2.26. The Kier molecular flexibility index (Phi) is 6.40. The number of aliphatic hydroxyl groups is 1. The minimum absolute atomic E-state index is 0.0674. The fourth-order valence-electron chi connectivity index (χ4n) is 2.36. The van der Waals surface area contributed by atoms with E-state index in [1.54, 1.807) is 30.3 Å². The third-order valence-electron chi connectivity index (χ3n) is 3.75. The molecule has 8 nitrogen and oxygen atoms in total. The lowest BCUT2D eigenvalue weighted by atomic mass is 10.0. The molecule has 0 aliphatic rings. The Balaban J connectivity index is 2.10. The summed E-state index contributed by atoms with van der Waals surface area (Å²) in [4.78, 5) is 34.4. The summed E-state index contributed by atoms with van der Waals surface area (Å²) in [6.07, 6.45) is -1.36. The van der Waals surface area contributed by atoms with E-state index in [-0.39, 0.29) is 12.1 Å². The number of nitrogens with zero attached hydrogens (tertiary/aromatic N) is 1. The van der Waals surface area contributed by atoms with Crippen LogP contribution in [0.25, 0.3) is 0 Å². The molecule has 2 aromatic rings. The number of non-ortho nitro benzene ring substituents is 1. The number of rotatable bonds is 7. The van der Waals surface area contributed by atoms with Gasteiger partial charge < -0.3 is 15.2 Å². The zero-order valence-corrected chi connectivity index (χ0v) is 14.0. The topological polar surface area (TPSA) is 119 Å². The molecule has 0 saturated carbocycles. The summed E-state index contributed by atoms with van der Waals surface area (Å²) in [5.41, 5.74) is 0.913. The summed E-state index contributed by atoms with van der Waals surface area (Å²) in [5, 5.41) is 23.3. The van der Waals surface area contributed by atoms with Crippen molar-refractivity contribution in [2.45, 2.75) is 18.6 Å². The quantitative estimate of drug-likeness (QED) is 0.440. The SMILES string of the molecule is COC(=O)[C@H](Cc1ccc([N+](=O)[O-])cc1)NC(=O)[C@@H](O)c1ccccc1. The summed E-state index contributed by atoms with van der Waals surface area (Å²) < 4.78 is 4.69. The number of nitrogens with one attached hydrogen (secondary N) is 1. The van der Waals surface area contributed by atoms with E-state index in [1.807, 2.05) is 0 Å². The van der Waals surface area contributed by atoms with Crippen LogP contribution in [0.1, 0.15) is 17.2 Å². The Labute approximate surface area is 149 Å². The van der Waals surface area contributed by atoms with E-state index in [0.717, 1.165) is 0 Å². The Bertz CT molecular complexity index is 776. The van der Waals surface area contributed by atoms with Crippen molar-refractivity contribution >= 4 is 17.6 Å². The fraction of sp³-hybridized carbons (Fsp3) is 0.222. The van der Waals surface area contributed by atoms with Crippen LogP contribution in [0.5, 0.6) is 0 Å². The molecule has 136 valence electrons.